The number of carbonyl (C=O) groups is 6. The summed E-state index contributed by atoms with van der Waals surface area (Å²) in [7, 11) is -3.55. The third-order valence-electron chi connectivity index (χ3n) is 16.0. The van der Waals surface area contributed by atoms with E-state index in [9.17, 15) is 47.1 Å². The van der Waals surface area contributed by atoms with Crippen LogP contribution < -0.4 is 36.3 Å². The predicted octanol–water partition coefficient (Wildman–Crippen LogP) is 3.04. The third kappa shape index (κ3) is 15.8. The van der Waals surface area contributed by atoms with Gasteiger partial charge in [-0.1, -0.05) is 46.3 Å². The molecule has 0 radical (unpaired) electrons. The number of hydrogen-bond acceptors (Lipinski definition) is 20. The average Bonchev–Trinajstić information content (AvgIpc) is 1.67. The van der Waals surface area contributed by atoms with Gasteiger partial charge in [0.05, 0.1) is 41.8 Å². The first kappa shape index (κ1) is 66.0. The Morgan fingerprint density at radius 2 is 1.59 bits per heavy atom. The van der Waals surface area contributed by atoms with Crippen LogP contribution in [0, 0.1) is 5.92 Å². The van der Waals surface area contributed by atoms with Crippen molar-refractivity contribution >= 4 is 56.2 Å². The average molecular weight is 1240 g/mol. The van der Waals surface area contributed by atoms with Gasteiger partial charge >= 0.3 is 5.97 Å². The molecular weight excluding hydrogens is 1160 g/mol. The van der Waals surface area contributed by atoms with E-state index in [1.165, 1.54) is 12.4 Å². The molecule has 0 aliphatic carbocycles. The molecular formula is C60H81N13O14S. The maximum atomic E-state index is 14.1. The molecule has 0 unspecified atom stereocenters. The fourth-order valence-electron chi connectivity index (χ4n) is 11.1. The summed E-state index contributed by atoms with van der Waals surface area (Å²) in [6, 6.07) is 3.28. The fourth-order valence-corrected chi connectivity index (χ4v) is 11.6. The molecule has 28 heteroatoms. The number of benzene rings is 1. The number of likely N-dealkylation sites (N-methyl/N-ethyl adjacent to an activating group) is 1. The van der Waals surface area contributed by atoms with Gasteiger partial charge < -0.3 is 59.7 Å². The Kier molecular flexibility index (Phi) is 22.4. The Hall–Kier alpha value is -7.95. The maximum absolute atomic E-state index is 14.1. The van der Waals surface area contributed by atoms with Crippen molar-refractivity contribution in [1.29, 1.82) is 0 Å². The van der Waals surface area contributed by atoms with Gasteiger partial charge in [0.25, 0.3) is 5.56 Å². The zero-order valence-electron chi connectivity index (χ0n) is 51.1. The van der Waals surface area contributed by atoms with Gasteiger partial charge in [0.1, 0.15) is 37.7 Å². The number of aryl methyl sites for hydroxylation is 1. The highest BCUT2D eigenvalue weighted by atomic mass is 32.2. The van der Waals surface area contributed by atoms with Crippen molar-refractivity contribution in [3.63, 3.8) is 0 Å². The summed E-state index contributed by atoms with van der Waals surface area (Å²) in [4.78, 5) is 111. The van der Waals surface area contributed by atoms with Crippen LogP contribution >= 0.6 is 0 Å². The topological polar surface area (TPSA) is 340 Å². The van der Waals surface area contributed by atoms with Crippen molar-refractivity contribution < 1.29 is 61.2 Å². The molecule has 8 rings (SSSR count). The van der Waals surface area contributed by atoms with E-state index in [1.807, 2.05) is 13.0 Å². The van der Waals surface area contributed by atoms with Crippen LogP contribution in [0.1, 0.15) is 128 Å². The van der Waals surface area contributed by atoms with Crippen LogP contribution in [0.25, 0.3) is 33.5 Å². The second-order valence-electron chi connectivity index (χ2n) is 22.7. The monoisotopic (exact) mass is 1240 g/mol. The van der Waals surface area contributed by atoms with E-state index in [0.717, 1.165) is 61.7 Å². The molecule has 5 aromatic rings. The molecule has 0 fully saturated rings. The second-order valence-corrected chi connectivity index (χ2v) is 24.6. The van der Waals surface area contributed by atoms with Gasteiger partial charge in [0.15, 0.2) is 17.1 Å². The van der Waals surface area contributed by atoms with Gasteiger partial charge in [-0.15, -0.1) is 5.10 Å². The molecule has 3 aliphatic rings. The van der Waals surface area contributed by atoms with E-state index in [2.05, 4.69) is 60.3 Å². The van der Waals surface area contributed by atoms with Crippen LogP contribution in [0.2, 0.25) is 0 Å². The number of fused-ring (bicyclic) bond motifs is 6. The minimum atomic E-state index is -3.55. The van der Waals surface area contributed by atoms with Crippen LogP contribution in [0.15, 0.2) is 46.7 Å². The highest BCUT2D eigenvalue weighted by molar-refractivity contribution is 7.90. The van der Waals surface area contributed by atoms with Crippen molar-refractivity contribution in [3.05, 3.63) is 69.4 Å². The standard InChI is InChI=1S/C60H81N13O14S/c1-8-20-70(21-9-2)22-16-14-17-44(66-56(78)53(37(5)6)67-50(74)18-13-12-15-23-72-32-46(68-69-72)38-28-62-59(63-29-38)88(7,82)83)55(77)61-30-51(75)64-35-84-34-52(76)71(11-4)24-19-39-40-25-48-49(87-36-86-48)27-45(40)65-54-41(39)31-73-47(54)26-43-42(57(73)79)33-85-58(80)60(43,81)10-3/h25-29,32,37,44,53,81H,8-24,30-31,33-36H2,1-7H3,(H,61,77)(H,64,75)(H,66,78)(H,67,74)/t44-,53-,60-/m0/s1. The molecule has 27 nitrogen and oxygen atoms in total. The minimum absolute atomic E-state index is 0.00619. The van der Waals surface area contributed by atoms with Crippen molar-refractivity contribution in [2.24, 2.45) is 5.92 Å². The Balaban J connectivity index is 0.820. The van der Waals surface area contributed by atoms with Crippen molar-refractivity contribution in [1.82, 2.24) is 65.6 Å². The van der Waals surface area contributed by atoms with Crippen LogP contribution in [0.4, 0.5) is 0 Å². The van der Waals surface area contributed by atoms with E-state index in [0.29, 0.717) is 84.9 Å². The number of nitrogens with one attached hydrogen (secondary N) is 4. The Labute approximate surface area is 510 Å². The molecule has 5 N–H and O–H groups in total. The Morgan fingerprint density at radius 3 is 2.28 bits per heavy atom. The highest BCUT2D eigenvalue weighted by Crippen LogP contribution is 2.43. The summed E-state index contributed by atoms with van der Waals surface area (Å²) in [6.07, 6.45) is 11.5. The van der Waals surface area contributed by atoms with Gasteiger partial charge in [-0.2, -0.15) is 0 Å². The summed E-state index contributed by atoms with van der Waals surface area (Å²) in [5.74, 6) is -2.52. The molecule has 1 aromatic carbocycles. The molecule has 0 bridgehead atoms. The van der Waals surface area contributed by atoms with Crippen LogP contribution in [-0.4, -0.2) is 171 Å². The molecule has 5 amide bonds. The number of pyridine rings is 2. The number of amides is 5. The van der Waals surface area contributed by atoms with Gasteiger partial charge in [0.2, 0.25) is 51.3 Å². The molecule has 88 heavy (non-hydrogen) atoms. The first-order valence-corrected chi connectivity index (χ1v) is 32.1. The number of aliphatic hydroxyl groups is 1. The summed E-state index contributed by atoms with van der Waals surface area (Å²) >= 11 is 0. The number of nitrogens with zero attached hydrogens (tertiary/aromatic N) is 9. The van der Waals surface area contributed by atoms with Crippen molar-refractivity contribution in [2.75, 3.05) is 65.7 Å². The van der Waals surface area contributed by atoms with Gasteiger partial charge in [-0.25, -0.2) is 28.2 Å². The van der Waals surface area contributed by atoms with E-state index in [1.54, 1.807) is 53.2 Å². The lowest BCUT2D eigenvalue weighted by molar-refractivity contribution is -0.172. The van der Waals surface area contributed by atoms with E-state index in [4.69, 9.17) is 23.9 Å². The molecule has 0 saturated carbocycles. The van der Waals surface area contributed by atoms with Crippen molar-refractivity contribution in [2.45, 2.75) is 155 Å². The molecule has 0 saturated heterocycles. The fraction of sp³-hybridized carbons (Fsp3) is 0.567. The zero-order valence-corrected chi connectivity index (χ0v) is 52.0. The summed E-state index contributed by atoms with van der Waals surface area (Å²) in [6.45, 7) is 13.8. The number of esters is 1. The predicted molar refractivity (Wildman–Crippen MR) is 321 cm³/mol. The lowest BCUT2D eigenvalue weighted by atomic mass is 9.86. The molecule has 4 aromatic heterocycles. The minimum Gasteiger partial charge on any atom is -0.458 e. The largest absolute Gasteiger partial charge is 0.458 e. The van der Waals surface area contributed by atoms with E-state index in [-0.39, 0.29) is 93.1 Å². The lowest BCUT2D eigenvalue weighted by Crippen LogP contribution is -2.56. The second kappa shape index (κ2) is 29.8. The normalized spacial score (nSPS) is 15.5. The summed E-state index contributed by atoms with van der Waals surface area (Å²) in [5.41, 5.74) is 2.02. The zero-order chi connectivity index (χ0) is 63.3. The van der Waals surface area contributed by atoms with Crippen LogP contribution in [-0.2, 0) is 79.8 Å². The Morgan fingerprint density at radius 1 is 0.852 bits per heavy atom. The number of aromatic nitrogens is 7. The lowest BCUT2D eigenvalue weighted by Gasteiger charge is -2.31. The number of carbonyl (C=O) groups excluding carboxylic acids is 6. The van der Waals surface area contributed by atoms with E-state index < -0.39 is 63.3 Å². The molecule has 3 atom stereocenters. The van der Waals surface area contributed by atoms with E-state index >= 15 is 0 Å². The van der Waals surface area contributed by atoms with Crippen molar-refractivity contribution in [3.8, 4) is 34.1 Å². The first-order valence-electron chi connectivity index (χ1n) is 30.2. The number of cyclic esters (lactones) is 1. The molecule has 7 heterocycles. The molecule has 0 spiro atoms. The smallest absolute Gasteiger partial charge is 0.343 e. The number of unbranched alkanes of at least 4 members (excludes halogenated alkanes) is 3. The summed E-state index contributed by atoms with van der Waals surface area (Å²) < 4.78 is 48.9. The first-order chi connectivity index (χ1) is 42.2. The van der Waals surface area contributed by atoms with Gasteiger partial charge in [-0.05, 0) is 108 Å². The Bertz CT molecular complexity index is 3530. The quantitative estimate of drug-likeness (QED) is 0.0171. The van der Waals surface area contributed by atoms with Gasteiger partial charge in [-0.3, -0.25) is 33.4 Å². The molecule has 476 valence electrons. The molecule has 3 aliphatic heterocycles. The highest BCUT2D eigenvalue weighted by Gasteiger charge is 2.46. The van der Waals surface area contributed by atoms with Crippen LogP contribution in [0.5, 0.6) is 11.5 Å². The maximum Gasteiger partial charge on any atom is 0.343 e. The van der Waals surface area contributed by atoms with Gasteiger partial charge in [0, 0.05) is 72.8 Å². The third-order valence-corrected chi connectivity index (χ3v) is 16.8. The number of hydrogen-bond donors (Lipinski definition) is 5. The SMILES string of the molecule is CCCN(CCC)CCCC[C@H](NC(=O)[C@@H](NC(=O)CCCCCn1cc(-c2cnc(S(C)(=O)=O)nc2)nn1)C(C)C)C(=O)NCC(=O)NCOCC(=O)N(CC)CCc1c2c(nc3cc4c(cc13)OCO4)-c1cc3c(c(=O)n1C2)COC(=O)[C@]3(O)CC. The number of sulfone groups is 1. The van der Waals surface area contributed by atoms with Crippen LogP contribution in [0.3, 0.4) is 0 Å². The number of rotatable bonds is 33. The number of ether oxygens (including phenoxy) is 4. The summed E-state index contributed by atoms with van der Waals surface area (Å²) in [5, 5.41) is 31.1.